The molecule has 0 bridgehead atoms. The van der Waals surface area contributed by atoms with Crippen LogP contribution in [-0.4, -0.2) is 491 Å². The van der Waals surface area contributed by atoms with E-state index in [0.717, 1.165) is 233 Å². The number of amides is 11. The van der Waals surface area contributed by atoms with Gasteiger partial charge in [-0.25, -0.2) is 14.4 Å². The Balaban J connectivity index is 0.000000330. The van der Waals surface area contributed by atoms with Crippen LogP contribution in [0.2, 0.25) is 0 Å². The molecule has 1 unspecified atom stereocenters. The van der Waals surface area contributed by atoms with Crippen LogP contribution in [0.4, 0.5) is 25.8 Å². The predicted molar refractivity (Wildman–Crippen MR) is 555 cm³/mol. The second-order valence-corrected chi connectivity index (χ2v) is 41.2. The van der Waals surface area contributed by atoms with Crippen molar-refractivity contribution in [2.45, 2.75) is 264 Å². The predicted octanol–water partition coefficient (Wildman–Crippen LogP) is 9.22. The normalized spacial score (nSPS) is 18.8. The maximum Gasteiger partial charge on any atom is 0.324 e. The quantitative estimate of drug-likeness (QED) is 0.0614. The van der Waals surface area contributed by atoms with Crippen LogP contribution in [0.25, 0.3) is 0 Å². The molecule has 11 amide bonds. The Hall–Kier alpha value is -7.00. The van der Waals surface area contributed by atoms with E-state index in [-0.39, 0.29) is 118 Å². The number of carbonyl (C=O) groups is 8. The lowest BCUT2D eigenvalue weighted by atomic mass is 10.2. The number of methoxy groups -OCH3 is 1. The number of aliphatic hydroxyl groups excluding tert-OH is 2. The molecule has 9 aliphatic rings. The number of benzene rings is 2. The van der Waals surface area contributed by atoms with Gasteiger partial charge in [-0.05, 0) is 209 Å². The van der Waals surface area contributed by atoms with Crippen LogP contribution in [0.15, 0.2) is 60.7 Å². The molecule has 9 fully saturated rings. The van der Waals surface area contributed by atoms with Crippen molar-refractivity contribution in [2.75, 3.05) is 293 Å². The number of rotatable bonds is 30. The van der Waals surface area contributed by atoms with Crippen molar-refractivity contribution in [1.82, 2.24) is 83.7 Å². The Morgan fingerprint density at radius 3 is 1.06 bits per heavy atom. The molecule has 8 saturated heterocycles. The van der Waals surface area contributed by atoms with Gasteiger partial charge in [0.1, 0.15) is 32.5 Å². The van der Waals surface area contributed by atoms with Gasteiger partial charge in [0.2, 0.25) is 23.6 Å². The molecule has 1 saturated carbocycles. The molecule has 0 radical (unpaired) electrons. The number of ether oxygens (including phenoxy) is 5. The van der Waals surface area contributed by atoms with Crippen molar-refractivity contribution < 1.29 is 72.3 Å². The Morgan fingerprint density at radius 2 is 0.739 bits per heavy atom. The highest BCUT2D eigenvalue weighted by Crippen LogP contribution is 2.29. The third kappa shape index (κ3) is 47.5. The average molecular weight is 1950 g/mol. The Bertz CT molecular complexity index is 3620. The monoisotopic (exact) mass is 1950 g/mol. The SMILES string of the molecule is CC(C)N1CCN(C(=O)COC(C)(C)C)CC1.CC(C)N1CCN(C(=O)COCC2CC2)CC1.CC(C)N1CCN(C(=O)COCCO)CC1.CC(C)N1CCN(C(=O)N(C)c2ccccc2)CC1.CC(C)N1CCN(C(=O)N(CCO)C(C)C)CC1.CC(C)NC(=O)C1CN(C(C)C)CCO1.CCCCN(C(=O)N1CCN(C(C)C)CC1)c1ccccc1.COCC(=O)N1CCN(C(C)C)CC1. The first-order chi connectivity index (χ1) is 65.4. The molecule has 11 rings (SSSR count). The topological polar surface area (TPSA) is 294 Å². The van der Waals surface area contributed by atoms with Gasteiger partial charge in [0.15, 0.2) is 0 Å². The number of urea groups is 3. The van der Waals surface area contributed by atoms with Gasteiger partial charge in [-0.1, -0.05) is 49.7 Å². The molecule has 8 aliphatic heterocycles. The van der Waals surface area contributed by atoms with Crippen LogP contribution < -0.4 is 15.1 Å². The first-order valence-electron chi connectivity index (χ1n) is 52.2. The van der Waals surface area contributed by atoms with E-state index in [0.29, 0.717) is 68.0 Å². The van der Waals surface area contributed by atoms with Gasteiger partial charge in [0.25, 0.3) is 5.91 Å². The van der Waals surface area contributed by atoms with E-state index >= 15 is 0 Å². The van der Waals surface area contributed by atoms with E-state index in [2.05, 4.69) is 162 Å². The summed E-state index contributed by atoms with van der Waals surface area (Å²) in [4.78, 5) is 134. The second kappa shape index (κ2) is 66.8. The number of nitrogens with zero attached hydrogens (tertiary/aromatic N) is 18. The number of carbonyl (C=O) groups excluding carboxylic acids is 8. The molecule has 794 valence electrons. The fourth-order valence-corrected chi connectivity index (χ4v) is 16.8. The van der Waals surface area contributed by atoms with E-state index in [1.54, 1.807) is 16.9 Å². The molecule has 2 aromatic rings. The maximum atomic E-state index is 12.9. The molecule has 2 aromatic carbocycles. The van der Waals surface area contributed by atoms with Crippen molar-refractivity contribution in [1.29, 1.82) is 0 Å². The minimum Gasteiger partial charge on any atom is -0.395 e. The second-order valence-electron chi connectivity index (χ2n) is 41.2. The van der Waals surface area contributed by atoms with E-state index in [4.69, 9.17) is 33.9 Å². The third-order valence-corrected chi connectivity index (χ3v) is 26.4. The number of hydrogen-bond donors (Lipinski definition) is 3. The zero-order valence-electron chi connectivity index (χ0n) is 90.8. The standard InChI is InChI=1S/C18H29N3O.C15H23N3O.C13H27N3O2.C13H24N2O2.C13H26N2O2.C11H22N2O3.C11H22N2O2.C10H20N2O2/c1-4-5-11-21(17-9-7-6-8-10-17)18(22)20-14-12-19(13-15-20)16(2)3;1-13(2)17-9-11-18(12-10-17)15(19)16(3)14-7-5-4-6-8-14;1-11(2)14-5-7-15(8-6-14)13(18)16(9-10-17)12(3)4;1-11(2)14-5-7-15(8-6-14)13(16)10-17-9-12-3-4-12;1-11(2)14-6-8-15(9-7-14)12(16)10-17-13(3,4)5;1-10(2)12-3-5-13(6-4-12)11(15)9-16-8-7-14;1-8(2)12-11(14)10-7-13(9(3)4)5-6-15-10;1-9(2)11-4-6-12(7-5-11)10(13)8-14-3/h6-10,16H,4-5,11-15H2,1-3H3;4-8,13H,9-12H2,1-3H3;11-12,17H,5-10H2,1-4H3;11-12H,3-10H2,1-2H3;11H,6-10H2,1-5H3;10,14H,3-9H2,1-2H3;8-10H,5-7H2,1-4H3,(H,12,14);9H,4-8H2,1-3H3. The summed E-state index contributed by atoms with van der Waals surface area (Å²) in [5.41, 5.74) is 1.71. The number of nitrogens with one attached hydrogen (secondary N) is 1. The molecule has 1 atom stereocenters. The Labute approximate surface area is 834 Å². The summed E-state index contributed by atoms with van der Waals surface area (Å²) in [5, 5.41) is 20.4. The molecule has 8 heterocycles. The van der Waals surface area contributed by atoms with Gasteiger partial charge in [0, 0.05) is 295 Å². The summed E-state index contributed by atoms with van der Waals surface area (Å²) in [6, 6.07) is 24.9. The minimum absolute atomic E-state index is 0.00958. The molecular formula is C104H193N19O15. The number of aliphatic hydroxyl groups is 2. The van der Waals surface area contributed by atoms with E-state index in [9.17, 15) is 38.4 Å². The molecule has 0 aromatic heterocycles. The Kier molecular flexibility index (Phi) is 59.7. The highest BCUT2D eigenvalue weighted by molar-refractivity contribution is 5.92. The number of piperazine rings is 7. The van der Waals surface area contributed by atoms with E-state index < -0.39 is 0 Å². The highest BCUT2D eigenvalue weighted by atomic mass is 16.5. The number of unbranched alkanes of at least 4 members (excludes halogenated alkanes) is 1. The third-order valence-electron chi connectivity index (χ3n) is 26.4. The number of hydrogen-bond acceptors (Lipinski definition) is 23. The Morgan fingerprint density at radius 1 is 0.406 bits per heavy atom. The van der Waals surface area contributed by atoms with Gasteiger partial charge in [-0.15, -0.1) is 0 Å². The molecule has 0 spiro atoms. The van der Waals surface area contributed by atoms with Crippen molar-refractivity contribution in [2.24, 2.45) is 5.92 Å². The summed E-state index contributed by atoms with van der Waals surface area (Å²) in [7, 11) is 3.40. The largest absolute Gasteiger partial charge is 0.395 e. The van der Waals surface area contributed by atoms with Crippen LogP contribution >= 0.6 is 0 Å². The number of morpholine rings is 1. The van der Waals surface area contributed by atoms with Crippen LogP contribution in [0.5, 0.6) is 0 Å². The highest BCUT2D eigenvalue weighted by Gasteiger charge is 2.34. The summed E-state index contributed by atoms with van der Waals surface area (Å²) in [6.07, 6.45) is 4.39. The van der Waals surface area contributed by atoms with Gasteiger partial charge in [-0.2, -0.15) is 0 Å². The lowest BCUT2D eigenvalue weighted by Crippen LogP contribution is -2.55. The van der Waals surface area contributed by atoms with Crippen molar-refractivity contribution in [3.63, 3.8) is 0 Å². The zero-order valence-corrected chi connectivity index (χ0v) is 90.8. The fraction of sp³-hybridized carbons (Fsp3) is 0.808. The molecular weight excluding hydrogens is 1760 g/mol. The zero-order chi connectivity index (χ0) is 103. The lowest BCUT2D eigenvalue weighted by molar-refractivity contribution is -0.143. The summed E-state index contributed by atoms with van der Waals surface area (Å²) in [6.45, 7) is 81.1. The molecule has 1 aliphatic carbocycles. The van der Waals surface area contributed by atoms with Crippen molar-refractivity contribution in [3.8, 4) is 0 Å². The number of anilines is 2. The summed E-state index contributed by atoms with van der Waals surface area (Å²) in [5.74, 6) is 1.15. The molecule has 3 N–H and O–H groups in total. The molecule has 34 heteroatoms. The van der Waals surface area contributed by atoms with Crippen LogP contribution in [0, 0.1) is 5.92 Å². The summed E-state index contributed by atoms with van der Waals surface area (Å²) >= 11 is 0. The van der Waals surface area contributed by atoms with Crippen molar-refractivity contribution >= 4 is 59.0 Å². The van der Waals surface area contributed by atoms with Gasteiger partial charge >= 0.3 is 18.1 Å². The number of para-hydroxylation sites is 2. The van der Waals surface area contributed by atoms with Gasteiger partial charge < -0.3 is 78.4 Å². The molecule has 34 nitrogen and oxygen atoms in total. The van der Waals surface area contributed by atoms with Crippen LogP contribution in [-0.2, 0) is 47.7 Å². The van der Waals surface area contributed by atoms with Crippen molar-refractivity contribution in [3.05, 3.63) is 60.7 Å². The summed E-state index contributed by atoms with van der Waals surface area (Å²) < 4.78 is 26.3. The lowest BCUT2D eigenvalue weighted by Gasteiger charge is -2.40. The minimum atomic E-state index is -0.302. The van der Waals surface area contributed by atoms with Crippen LogP contribution in [0.1, 0.15) is 192 Å². The smallest absolute Gasteiger partial charge is 0.324 e. The van der Waals surface area contributed by atoms with E-state index in [1.165, 1.54) is 12.8 Å². The fourth-order valence-electron chi connectivity index (χ4n) is 16.8. The molecule has 138 heavy (non-hydrogen) atoms. The maximum absolute atomic E-state index is 12.9. The van der Waals surface area contributed by atoms with Gasteiger partial charge in [0.05, 0.1) is 38.6 Å². The van der Waals surface area contributed by atoms with Gasteiger partial charge in [-0.3, -0.25) is 73.0 Å². The van der Waals surface area contributed by atoms with Crippen LogP contribution in [0.3, 0.4) is 0 Å². The van der Waals surface area contributed by atoms with E-state index in [1.807, 2.05) is 155 Å². The average Bonchev–Trinajstić information content (AvgIpc) is 1.19. The first-order valence-corrected chi connectivity index (χ1v) is 52.2. The first kappa shape index (κ1) is 123.